The largest absolute Gasteiger partial charge is 0.326 e. The van der Waals surface area contributed by atoms with Crippen molar-refractivity contribution in [3.05, 3.63) is 58.0 Å². The van der Waals surface area contributed by atoms with Crippen LogP contribution >= 0.6 is 11.3 Å². The third-order valence-corrected chi connectivity index (χ3v) is 4.52. The van der Waals surface area contributed by atoms with Crippen LogP contribution in [0.1, 0.15) is 37.3 Å². The molecule has 114 valence electrons. The molecule has 21 heavy (non-hydrogen) atoms. The second-order valence-corrected chi connectivity index (χ2v) is 6.70. The Kier molecular flexibility index (Phi) is 5.51. The average Bonchev–Trinajstić information content (AvgIpc) is 2.92. The van der Waals surface area contributed by atoms with E-state index in [1.807, 2.05) is 25.1 Å². The van der Waals surface area contributed by atoms with Gasteiger partial charge in [-0.25, -0.2) is 4.39 Å². The maximum absolute atomic E-state index is 14.2. The Hall–Kier alpha value is -1.23. The van der Waals surface area contributed by atoms with E-state index in [-0.39, 0.29) is 23.9 Å². The molecule has 0 aliphatic carbocycles. The van der Waals surface area contributed by atoms with Crippen LogP contribution in [-0.4, -0.2) is 17.0 Å². The van der Waals surface area contributed by atoms with E-state index in [9.17, 15) is 4.39 Å². The van der Waals surface area contributed by atoms with Gasteiger partial charge in [0.15, 0.2) is 0 Å². The van der Waals surface area contributed by atoms with E-state index in [0.29, 0.717) is 5.56 Å². The maximum atomic E-state index is 14.2. The topological polar surface area (TPSA) is 29.3 Å². The van der Waals surface area contributed by atoms with E-state index in [1.54, 1.807) is 17.4 Å². The maximum Gasteiger partial charge on any atom is 0.128 e. The summed E-state index contributed by atoms with van der Waals surface area (Å²) in [6.45, 7) is 6.99. The molecule has 0 bridgehead atoms. The van der Waals surface area contributed by atoms with Gasteiger partial charge in [0.05, 0.1) is 6.04 Å². The van der Waals surface area contributed by atoms with Crippen molar-refractivity contribution in [3.8, 4) is 0 Å². The Morgan fingerprint density at radius 1 is 1.14 bits per heavy atom. The van der Waals surface area contributed by atoms with Gasteiger partial charge in [-0.1, -0.05) is 24.3 Å². The van der Waals surface area contributed by atoms with Crippen LogP contribution in [0.25, 0.3) is 0 Å². The zero-order valence-corrected chi connectivity index (χ0v) is 13.6. The fraction of sp³-hybridized carbons (Fsp3) is 0.412. The van der Waals surface area contributed by atoms with Gasteiger partial charge in [0, 0.05) is 29.1 Å². The first-order valence-electron chi connectivity index (χ1n) is 7.29. The van der Waals surface area contributed by atoms with Crippen molar-refractivity contribution >= 4 is 11.3 Å². The molecule has 2 unspecified atom stereocenters. The highest BCUT2D eigenvalue weighted by Gasteiger charge is 2.28. The monoisotopic (exact) mass is 306 g/mol. The van der Waals surface area contributed by atoms with Gasteiger partial charge in [-0.3, -0.25) is 4.90 Å². The van der Waals surface area contributed by atoms with E-state index in [0.717, 1.165) is 6.54 Å². The molecule has 2 N–H and O–H groups in total. The Balaban J connectivity index is 2.35. The number of nitrogens with zero attached hydrogens (tertiary/aromatic N) is 1. The standard InChI is InChI=1S/C17H23FN2S/c1-12(2)20(11-14-7-6-10-21-14)17(13(3)19)15-8-4-5-9-16(15)18/h4-10,12-13,17H,11,19H2,1-3H3. The minimum Gasteiger partial charge on any atom is -0.326 e. The molecule has 0 radical (unpaired) electrons. The summed E-state index contributed by atoms with van der Waals surface area (Å²) in [5, 5.41) is 2.07. The first-order chi connectivity index (χ1) is 10.0. The van der Waals surface area contributed by atoms with Crippen LogP contribution in [0, 0.1) is 5.82 Å². The summed E-state index contributed by atoms with van der Waals surface area (Å²) < 4.78 is 14.2. The molecule has 1 aromatic carbocycles. The summed E-state index contributed by atoms with van der Waals surface area (Å²) in [6.07, 6.45) is 0. The number of thiophene rings is 1. The van der Waals surface area contributed by atoms with Crippen molar-refractivity contribution in [2.45, 2.75) is 45.4 Å². The predicted molar refractivity (Wildman–Crippen MR) is 87.8 cm³/mol. The van der Waals surface area contributed by atoms with Crippen LogP contribution in [0.3, 0.4) is 0 Å². The second-order valence-electron chi connectivity index (χ2n) is 5.67. The normalized spacial score (nSPS) is 14.6. The summed E-state index contributed by atoms with van der Waals surface area (Å²) in [6, 6.07) is 11.1. The fourth-order valence-electron chi connectivity index (χ4n) is 2.66. The Morgan fingerprint density at radius 2 is 1.86 bits per heavy atom. The third kappa shape index (κ3) is 3.90. The molecule has 1 aromatic heterocycles. The lowest BCUT2D eigenvalue weighted by molar-refractivity contribution is 0.125. The van der Waals surface area contributed by atoms with Crippen molar-refractivity contribution in [3.63, 3.8) is 0 Å². The summed E-state index contributed by atoms with van der Waals surface area (Å²) in [7, 11) is 0. The van der Waals surface area contributed by atoms with E-state index >= 15 is 0 Å². The lowest BCUT2D eigenvalue weighted by atomic mass is 9.97. The summed E-state index contributed by atoms with van der Waals surface area (Å²) in [4.78, 5) is 3.54. The third-order valence-electron chi connectivity index (χ3n) is 3.66. The molecular formula is C17H23FN2S. The molecule has 0 aliphatic rings. The minimum absolute atomic E-state index is 0.131. The lowest BCUT2D eigenvalue weighted by Crippen LogP contribution is -2.43. The molecule has 0 saturated carbocycles. The van der Waals surface area contributed by atoms with Gasteiger partial charge in [-0.05, 0) is 38.3 Å². The Labute approximate surface area is 130 Å². The number of rotatable bonds is 6. The highest BCUT2D eigenvalue weighted by atomic mass is 32.1. The van der Waals surface area contributed by atoms with Crippen molar-refractivity contribution in [2.75, 3.05) is 0 Å². The number of halogens is 1. The molecule has 2 atom stereocenters. The summed E-state index contributed by atoms with van der Waals surface area (Å²) in [5.41, 5.74) is 6.88. The molecule has 0 spiro atoms. The fourth-order valence-corrected chi connectivity index (χ4v) is 3.38. The highest BCUT2D eigenvalue weighted by molar-refractivity contribution is 7.09. The molecule has 1 heterocycles. The average molecular weight is 306 g/mol. The van der Waals surface area contributed by atoms with Gasteiger partial charge >= 0.3 is 0 Å². The molecule has 4 heteroatoms. The molecule has 0 aliphatic heterocycles. The van der Waals surface area contributed by atoms with Gasteiger partial charge in [-0.15, -0.1) is 11.3 Å². The van der Waals surface area contributed by atoms with Crippen LogP contribution in [0.4, 0.5) is 4.39 Å². The number of benzene rings is 1. The van der Waals surface area contributed by atoms with E-state index in [1.165, 1.54) is 10.9 Å². The Bertz CT molecular complexity index is 552. The SMILES string of the molecule is CC(N)C(c1ccccc1F)N(Cc1cccs1)C(C)C. The van der Waals surface area contributed by atoms with E-state index < -0.39 is 0 Å². The van der Waals surface area contributed by atoms with Crippen LogP contribution in [0.2, 0.25) is 0 Å². The number of hydrogen-bond donors (Lipinski definition) is 1. The minimum atomic E-state index is -0.184. The first-order valence-corrected chi connectivity index (χ1v) is 8.16. The molecule has 2 aromatic rings. The van der Waals surface area contributed by atoms with Gasteiger partial charge in [0.1, 0.15) is 5.82 Å². The molecule has 0 saturated heterocycles. The zero-order chi connectivity index (χ0) is 15.4. The molecular weight excluding hydrogens is 283 g/mol. The molecule has 0 amide bonds. The number of nitrogens with two attached hydrogens (primary N) is 1. The second kappa shape index (κ2) is 7.16. The molecule has 2 nitrogen and oxygen atoms in total. The van der Waals surface area contributed by atoms with Crippen molar-refractivity contribution in [2.24, 2.45) is 5.73 Å². The molecule has 2 rings (SSSR count). The number of hydrogen-bond acceptors (Lipinski definition) is 3. The summed E-state index contributed by atoms with van der Waals surface area (Å²) in [5.74, 6) is -0.184. The molecule has 0 fully saturated rings. The highest BCUT2D eigenvalue weighted by Crippen LogP contribution is 2.30. The first kappa shape index (κ1) is 16.1. The van der Waals surface area contributed by atoms with Crippen molar-refractivity contribution in [1.82, 2.24) is 4.90 Å². The van der Waals surface area contributed by atoms with Gasteiger partial charge < -0.3 is 5.73 Å². The van der Waals surface area contributed by atoms with Crippen molar-refractivity contribution < 1.29 is 4.39 Å². The Morgan fingerprint density at radius 3 is 2.38 bits per heavy atom. The zero-order valence-electron chi connectivity index (χ0n) is 12.8. The predicted octanol–water partition coefficient (Wildman–Crippen LogP) is 4.19. The lowest BCUT2D eigenvalue weighted by Gasteiger charge is -2.37. The van der Waals surface area contributed by atoms with Gasteiger partial charge in [-0.2, -0.15) is 0 Å². The smallest absolute Gasteiger partial charge is 0.128 e. The van der Waals surface area contributed by atoms with Gasteiger partial charge in [0.25, 0.3) is 0 Å². The van der Waals surface area contributed by atoms with Crippen molar-refractivity contribution in [1.29, 1.82) is 0 Å². The van der Waals surface area contributed by atoms with Gasteiger partial charge in [0.2, 0.25) is 0 Å². The quantitative estimate of drug-likeness (QED) is 0.867. The van der Waals surface area contributed by atoms with Crippen LogP contribution < -0.4 is 5.73 Å². The van der Waals surface area contributed by atoms with Crippen LogP contribution in [0.5, 0.6) is 0 Å². The van der Waals surface area contributed by atoms with E-state index in [4.69, 9.17) is 5.73 Å². The van der Waals surface area contributed by atoms with Crippen LogP contribution in [-0.2, 0) is 6.54 Å². The van der Waals surface area contributed by atoms with E-state index in [2.05, 4.69) is 30.2 Å². The van der Waals surface area contributed by atoms with Crippen LogP contribution in [0.15, 0.2) is 41.8 Å². The summed E-state index contributed by atoms with van der Waals surface area (Å²) >= 11 is 1.72.